The molecule has 1 aromatic carbocycles. The predicted octanol–water partition coefficient (Wildman–Crippen LogP) is 6.34. The summed E-state index contributed by atoms with van der Waals surface area (Å²) in [7, 11) is 0. The zero-order chi connectivity index (χ0) is 13.9. The van der Waals surface area contributed by atoms with Crippen molar-refractivity contribution in [3.05, 3.63) is 27.9 Å². The molecule has 18 heavy (non-hydrogen) atoms. The van der Waals surface area contributed by atoms with Gasteiger partial charge in [-0.3, -0.25) is 4.79 Å². The van der Waals surface area contributed by atoms with Crippen LogP contribution in [-0.4, -0.2) is 5.97 Å². The lowest BCUT2D eigenvalue weighted by Crippen LogP contribution is -2.05. The summed E-state index contributed by atoms with van der Waals surface area (Å²) in [6.07, 6.45) is 1.23. The molecular formula is C11H9Br5O2. The van der Waals surface area contributed by atoms with Crippen molar-refractivity contribution in [3.63, 3.8) is 0 Å². The molecule has 2 nitrogen and oxygen atoms in total. The highest BCUT2D eigenvalue weighted by molar-refractivity contribution is 9.15. The lowest BCUT2D eigenvalue weighted by atomic mass is 10.2. The van der Waals surface area contributed by atoms with Gasteiger partial charge in [-0.05, 0) is 86.1 Å². The van der Waals surface area contributed by atoms with Gasteiger partial charge in [0.05, 0.1) is 0 Å². The average molecular weight is 573 g/mol. The van der Waals surface area contributed by atoms with Crippen LogP contribution in [0, 0.1) is 0 Å². The molecule has 0 heterocycles. The number of hydrogen-bond donors (Lipinski definition) is 0. The van der Waals surface area contributed by atoms with Crippen LogP contribution < -0.4 is 0 Å². The summed E-state index contributed by atoms with van der Waals surface area (Å²) < 4.78 is 9.58. The number of hydrogen-bond acceptors (Lipinski definition) is 2. The van der Waals surface area contributed by atoms with E-state index in [9.17, 15) is 4.79 Å². The first-order chi connectivity index (χ1) is 8.40. The topological polar surface area (TPSA) is 26.3 Å². The number of halogens is 5. The molecule has 0 N–H and O–H groups in total. The van der Waals surface area contributed by atoms with E-state index in [0.717, 1.165) is 34.3 Å². The smallest absolute Gasteiger partial charge is 0.306 e. The first kappa shape index (κ1) is 17.1. The minimum Gasteiger partial charge on any atom is -0.461 e. The third-order valence-corrected chi connectivity index (χ3v) is 8.39. The Balaban J connectivity index is 2.99. The molecule has 0 fully saturated rings. The highest BCUT2D eigenvalue weighted by atomic mass is 79.9. The molecule has 0 amide bonds. The van der Waals surface area contributed by atoms with Crippen molar-refractivity contribution in [1.82, 2.24) is 0 Å². The van der Waals surface area contributed by atoms with E-state index >= 15 is 0 Å². The maximum atomic E-state index is 11.4. The third-order valence-electron chi connectivity index (χ3n) is 2.13. The van der Waals surface area contributed by atoms with Crippen LogP contribution in [0.4, 0.5) is 0 Å². The first-order valence-corrected chi connectivity index (χ1v) is 9.02. The van der Waals surface area contributed by atoms with Gasteiger partial charge in [-0.25, -0.2) is 0 Å². The van der Waals surface area contributed by atoms with E-state index in [2.05, 4.69) is 79.6 Å². The average Bonchev–Trinajstić information content (AvgIpc) is 2.34. The second-order valence-electron chi connectivity index (χ2n) is 3.46. The summed E-state index contributed by atoms with van der Waals surface area (Å²) in [6.45, 7) is 2.17. The summed E-state index contributed by atoms with van der Waals surface area (Å²) in [5, 5.41) is 0. The Morgan fingerprint density at radius 3 is 1.83 bits per heavy atom. The SMILES string of the molecule is CCCC(=O)OCc1c(Br)c(Br)c(Br)c(Br)c1Br. The summed E-state index contributed by atoms with van der Waals surface area (Å²) in [6, 6.07) is 0. The molecule has 0 saturated heterocycles. The van der Waals surface area contributed by atoms with Crippen molar-refractivity contribution in [3.8, 4) is 0 Å². The minimum absolute atomic E-state index is 0.188. The van der Waals surface area contributed by atoms with E-state index in [1.165, 1.54) is 0 Å². The standard InChI is InChI=1S/C11H9Br5O2/c1-2-3-6(17)18-4-5-7(12)9(14)11(16)10(15)8(5)13/h2-4H2,1H3. The van der Waals surface area contributed by atoms with Gasteiger partial charge in [0.2, 0.25) is 0 Å². The molecule has 0 spiro atoms. The lowest BCUT2D eigenvalue weighted by Gasteiger charge is -2.13. The molecular weight excluding hydrogens is 564 g/mol. The van der Waals surface area contributed by atoms with Gasteiger partial charge in [-0.2, -0.15) is 0 Å². The second-order valence-corrected chi connectivity index (χ2v) is 7.42. The predicted molar refractivity (Wildman–Crippen MR) is 89.6 cm³/mol. The lowest BCUT2D eigenvalue weighted by molar-refractivity contribution is -0.145. The van der Waals surface area contributed by atoms with Crippen LogP contribution in [0.3, 0.4) is 0 Å². The van der Waals surface area contributed by atoms with Crippen molar-refractivity contribution in [2.75, 3.05) is 0 Å². The van der Waals surface area contributed by atoms with Gasteiger partial charge in [0.1, 0.15) is 6.61 Å². The van der Waals surface area contributed by atoms with Gasteiger partial charge in [0, 0.05) is 34.3 Å². The zero-order valence-corrected chi connectivity index (χ0v) is 17.3. The molecule has 0 saturated carbocycles. The fraction of sp³-hybridized carbons (Fsp3) is 0.364. The van der Waals surface area contributed by atoms with Crippen LogP contribution >= 0.6 is 79.6 Å². The van der Waals surface area contributed by atoms with Gasteiger partial charge in [-0.15, -0.1) is 0 Å². The Bertz CT molecular complexity index is 444. The molecule has 7 heteroatoms. The summed E-state index contributed by atoms with van der Waals surface area (Å²) >= 11 is 17.4. The van der Waals surface area contributed by atoms with Crippen molar-refractivity contribution in [2.24, 2.45) is 0 Å². The van der Waals surface area contributed by atoms with Crippen LogP contribution in [0.25, 0.3) is 0 Å². The number of rotatable bonds is 4. The van der Waals surface area contributed by atoms with Crippen LogP contribution in [-0.2, 0) is 16.1 Å². The molecule has 0 aliphatic carbocycles. The van der Waals surface area contributed by atoms with E-state index in [0.29, 0.717) is 6.42 Å². The molecule has 0 unspecified atom stereocenters. The van der Waals surface area contributed by atoms with Gasteiger partial charge >= 0.3 is 5.97 Å². The van der Waals surface area contributed by atoms with Crippen molar-refractivity contribution >= 4 is 85.6 Å². The van der Waals surface area contributed by atoms with Crippen molar-refractivity contribution in [2.45, 2.75) is 26.4 Å². The summed E-state index contributed by atoms with van der Waals surface area (Å²) in [5.74, 6) is -0.188. The molecule has 0 atom stereocenters. The van der Waals surface area contributed by atoms with E-state index in [4.69, 9.17) is 4.74 Å². The molecule has 100 valence electrons. The molecule has 0 aliphatic heterocycles. The number of benzene rings is 1. The highest BCUT2D eigenvalue weighted by Crippen LogP contribution is 2.44. The van der Waals surface area contributed by atoms with Gasteiger partial charge in [0.15, 0.2) is 0 Å². The Labute approximate surface area is 148 Å². The number of carbonyl (C=O) groups excluding carboxylic acids is 1. The van der Waals surface area contributed by atoms with Crippen LogP contribution in [0.2, 0.25) is 0 Å². The highest BCUT2D eigenvalue weighted by Gasteiger charge is 2.18. The Morgan fingerprint density at radius 1 is 0.944 bits per heavy atom. The largest absolute Gasteiger partial charge is 0.461 e. The summed E-state index contributed by atoms with van der Waals surface area (Å²) in [4.78, 5) is 11.4. The van der Waals surface area contributed by atoms with Gasteiger partial charge < -0.3 is 4.74 Å². The third kappa shape index (κ3) is 4.04. The van der Waals surface area contributed by atoms with Crippen LogP contribution in [0.15, 0.2) is 22.4 Å². The zero-order valence-electron chi connectivity index (χ0n) is 9.33. The number of esters is 1. The fourth-order valence-electron chi connectivity index (χ4n) is 1.21. The van der Waals surface area contributed by atoms with Gasteiger partial charge in [0.25, 0.3) is 0 Å². The molecule has 0 aromatic heterocycles. The van der Waals surface area contributed by atoms with E-state index < -0.39 is 0 Å². The Morgan fingerprint density at radius 2 is 1.39 bits per heavy atom. The summed E-state index contributed by atoms with van der Waals surface area (Å²) in [5.41, 5.74) is 0.876. The quantitative estimate of drug-likeness (QED) is 0.239. The Hall–Kier alpha value is 1.09. The normalized spacial score (nSPS) is 10.6. The molecule has 1 rings (SSSR count). The maximum Gasteiger partial charge on any atom is 0.306 e. The molecule has 0 bridgehead atoms. The number of ether oxygens (including phenoxy) is 1. The minimum atomic E-state index is -0.188. The van der Waals surface area contributed by atoms with E-state index in [1.807, 2.05) is 6.92 Å². The van der Waals surface area contributed by atoms with Gasteiger partial charge in [-0.1, -0.05) is 6.92 Å². The van der Waals surface area contributed by atoms with Crippen molar-refractivity contribution in [1.29, 1.82) is 0 Å². The van der Waals surface area contributed by atoms with E-state index in [1.54, 1.807) is 0 Å². The number of carbonyl (C=O) groups is 1. The van der Waals surface area contributed by atoms with Crippen molar-refractivity contribution < 1.29 is 9.53 Å². The van der Waals surface area contributed by atoms with Crippen LogP contribution in [0.1, 0.15) is 25.3 Å². The maximum absolute atomic E-state index is 11.4. The first-order valence-electron chi connectivity index (χ1n) is 5.06. The molecule has 0 aliphatic rings. The Kier molecular flexibility index (Phi) is 7.39. The second kappa shape index (κ2) is 7.76. The molecule has 1 aromatic rings. The van der Waals surface area contributed by atoms with E-state index in [-0.39, 0.29) is 12.6 Å². The van der Waals surface area contributed by atoms with Crippen LogP contribution in [0.5, 0.6) is 0 Å². The monoisotopic (exact) mass is 568 g/mol. The fourth-order valence-corrected chi connectivity index (χ4v) is 4.56. The molecule has 0 radical (unpaired) electrons.